The van der Waals surface area contributed by atoms with Gasteiger partial charge in [-0.05, 0) is 25.7 Å². The maximum Gasteiger partial charge on any atom is 0.0434 e. The van der Waals surface area contributed by atoms with Gasteiger partial charge in [0.15, 0.2) is 0 Å². The Hall–Kier alpha value is -0.530. The number of rotatable bonds is 3. The topological polar surface area (TPSA) is 24.4 Å². The molecule has 0 heterocycles. The third-order valence-corrected chi connectivity index (χ3v) is 2.82. The maximum atomic E-state index is 4.49. The first-order valence-corrected chi connectivity index (χ1v) is 5.46. The van der Waals surface area contributed by atoms with Crippen LogP contribution < -0.4 is 5.43 Å². The summed E-state index contributed by atoms with van der Waals surface area (Å²) in [5, 5.41) is 4.49. The van der Waals surface area contributed by atoms with E-state index in [0.717, 1.165) is 13.0 Å². The van der Waals surface area contributed by atoms with Crippen LogP contribution in [0.25, 0.3) is 0 Å². The van der Waals surface area contributed by atoms with Crippen LogP contribution in [0.15, 0.2) is 5.10 Å². The van der Waals surface area contributed by atoms with Gasteiger partial charge in [0.2, 0.25) is 0 Å². The van der Waals surface area contributed by atoms with Crippen LogP contribution in [0.1, 0.15) is 52.9 Å². The lowest BCUT2D eigenvalue weighted by molar-refractivity contribution is 0.406. The van der Waals surface area contributed by atoms with E-state index in [-0.39, 0.29) is 0 Å². The fourth-order valence-electron chi connectivity index (χ4n) is 1.81. The van der Waals surface area contributed by atoms with Gasteiger partial charge in [-0.25, -0.2) is 0 Å². The summed E-state index contributed by atoms with van der Waals surface area (Å²) in [5.74, 6) is 0. The van der Waals surface area contributed by atoms with Crippen molar-refractivity contribution in [3.8, 4) is 0 Å². The van der Waals surface area contributed by atoms with Crippen molar-refractivity contribution in [3.63, 3.8) is 0 Å². The molecule has 0 aromatic rings. The molecule has 0 amide bonds. The predicted octanol–water partition coefficient (Wildman–Crippen LogP) is 2.94. The highest BCUT2D eigenvalue weighted by Gasteiger charge is 2.27. The van der Waals surface area contributed by atoms with Gasteiger partial charge in [-0.3, -0.25) is 0 Å². The number of hydrogen-bond acceptors (Lipinski definition) is 2. The highest BCUT2D eigenvalue weighted by atomic mass is 15.3. The van der Waals surface area contributed by atoms with Crippen LogP contribution in [0, 0.1) is 5.41 Å². The molecule has 76 valence electrons. The summed E-state index contributed by atoms with van der Waals surface area (Å²) in [4.78, 5) is 0. The lowest BCUT2D eigenvalue weighted by Crippen LogP contribution is -2.30. The number of hydrogen-bond donors (Lipinski definition) is 1. The molecule has 2 nitrogen and oxygen atoms in total. The Balaban J connectivity index is 2.49. The first-order chi connectivity index (χ1) is 6.17. The van der Waals surface area contributed by atoms with Crippen LogP contribution in [-0.2, 0) is 0 Å². The van der Waals surface area contributed by atoms with Crippen molar-refractivity contribution in [1.29, 1.82) is 0 Å². The third-order valence-electron chi connectivity index (χ3n) is 2.82. The monoisotopic (exact) mass is 182 g/mol. The molecule has 1 rings (SSSR count). The van der Waals surface area contributed by atoms with Crippen molar-refractivity contribution >= 4 is 5.71 Å². The molecular weight excluding hydrogens is 160 g/mol. The fraction of sp³-hybridized carbons (Fsp3) is 0.909. The summed E-state index contributed by atoms with van der Waals surface area (Å²) < 4.78 is 0. The Morgan fingerprint density at radius 1 is 1.38 bits per heavy atom. The van der Waals surface area contributed by atoms with Crippen LogP contribution in [0.2, 0.25) is 0 Å². The molecule has 0 aromatic heterocycles. The molecule has 0 aromatic carbocycles. The van der Waals surface area contributed by atoms with E-state index in [1.54, 1.807) is 0 Å². The zero-order valence-electron chi connectivity index (χ0n) is 9.19. The van der Waals surface area contributed by atoms with Crippen molar-refractivity contribution in [3.05, 3.63) is 0 Å². The lowest BCUT2D eigenvalue weighted by Gasteiger charge is -2.31. The summed E-state index contributed by atoms with van der Waals surface area (Å²) >= 11 is 0. The summed E-state index contributed by atoms with van der Waals surface area (Å²) in [7, 11) is 0. The van der Waals surface area contributed by atoms with Gasteiger partial charge in [0.1, 0.15) is 0 Å². The molecule has 1 saturated carbocycles. The second-order valence-corrected chi connectivity index (χ2v) is 4.56. The van der Waals surface area contributed by atoms with Gasteiger partial charge >= 0.3 is 0 Å². The molecule has 0 unspecified atom stereocenters. The van der Waals surface area contributed by atoms with Gasteiger partial charge < -0.3 is 5.43 Å². The quantitative estimate of drug-likeness (QED) is 0.526. The van der Waals surface area contributed by atoms with Gasteiger partial charge in [-0.2, -0.15) is 5.10 Å². The Labute approximate surface area is 81.8 Å². The molecule has 0 spiro atoms. The molecule has 1 aliphatic rings. The average molecular weight is 182 g/mol. The predicted molar refractivity (Wildman–Crippen MR) is 58.0 cm³/mol. The van der Waals surface area contributed by atoms with E-state index in [1.807, 2.05) is 0 Å². The highest BCUT2D eigenvalue weighted by molar-refractivity contribution is 5.89. The van der Waals surface area contributed by atoms with Crippen LogP contribution in [-0.4, -0.2) is 12.3 Å². The number of nitrogens with one attached hydrogen (secondary N) is 1. The zero-order valence-corrected chi connectivity index (χ0v) is 9.19. The normalized spacial score (nSPS) is 24.7. The van der Waals surface area contributed by atoms with Crippen LogP contribution >= 0.6 is 0 Å². The molecule has 0 aliphatic heterocycles. The molecule has 0 saturated heterocycles. The minimum atomic E-state index is 0.332. The van der Waals surface area contributed by atoms with Crippen LogP contribution in [0.3, 0.4) is 0 Å². The van der Waals surface area contributed by atoms with Crippen molar-refractivity contribution < 1.29 is 0 Å². The SMILES string of the molecule is CCCN/N=C1/CCCCC1(C)C. The first kappa shape index (κ1) is 10.6. The molecule has 1 fully saturated rings. The highest BCUT2D eigenvalue weighted by Crippen LogP contribution is 2.32. The smallest absolute Gasteiger partial charge is 0.0434 e. The first-order valence-electron chi connectivity index (χ1n) is 5.46. The molecule has 0 bridgehead atoms. The van der Waals surface area contributed by atoms with Crippen molar-refractivity contribution in [2.75, 3.05) is 6.54 Å². The van der Waals surface area contributed by atoms with Crippen LogP contribution in [0.5, 0.6) is 0 Å². The molecule has 1 aliphatic carbocycles. The van der Waals surface area contributed by atoms with E-state index in [4.69, 9.17) is 0 Å². The maximum absolute atomic E-state index is 4.49. The van der Waals surface area contributed by atoms with E-state index in [9.17, 15) is 0 Å². The van der Waals surface area contributed by atoms with Crippen LogP contribution in [0.4, 0.5) is 0 Å². The molecule has 0 radical (unpaired) electrons. The van der Waals surface area contributed by atoms with Gasteiger partial charge in [-0.15, -0.1) is 0 Å². The largest absolute Gasteiger partial charge is 0.310 e. The van der Waals surface area contributed by atoms with E-state index in [0.29, 0.717) is 5.41 Å². The fourth-order valence-corrected chi connectivity index (χ4v) is 1.81. The molecule has 0 atom stereocenters. The molecule has 1 N–H and O–H groups in total. The van der Waals surface area contributed by atoms with E-state index in [2.05, 4.69) is 31.3 Å². The van der Waals surface area contributed by atoms with Crippen molar-refractivity contribution in [2.45, 2.75) is 52.9 Å². The third kappa shape index (κ3) is 3.02. The van der Waals surface area contributed by atoms with Crippen molar-refractivity contribution in [2.24, 2.45) is 10.5 Å². The summed E-state index contributed by atoms with van der Waals surface area (Å²) in [6, 6.07) is 0. The van der Waals surface area contributed by atoms with E-state index in [1.165, 1.54) is 31.4 Å². The zero-order chi connectivity index (χ0) is 9.73. The minimum Gasteiger partial charge on any atom is -0.310 e. The summed E-state index contributed by atoms with van der Waals surface area (Å²) in [5.41, 5.74) is 4.85. The molecule has 13 heavy (non-hydrogen) atoms. The van der Waals surface area contributed by atoms with Gasteiger partial charge in [0, 0.05) is 17.7 Å². The molecular formula is C11H22N2. The number of nitrogens with zero attached hydrogens (tertiary/aromatic N) is 1. The Bertz CT molecular complexity index is 183. The second-order valence-electron chi connectivity index (χ2n) is 4.56. The van der Waals surface area contributed by atoms with E-state index >= 15 is 0 Å². The van der Waals surface area contributed by atoms with Crippen molar-refractivity contribution in [1.82, 2.24) is 5.43 Å². The Morgan fingerprint density at radius 2 is 2.15 bits per heavy atom. The average Bonchev–Trinajstić information content (AvgIpc) is 2.08. The van der Waals surface area contributed by atoms with Gasteiger partial charge in [0.25, 0.3) is 0 Å². The molecule has 2 heteroatoms. The Kier molecular flexibility index (Phi) is 3.76. The van der Waals surface area contributed by atoms with Gasteiger partial charge in [-0.1, -0.05) is 27.2 Å². The van der Waals surface area contributed by atoms with E-state index < -0.39 is 0 Å². The summed E-state index contributed by atoms with van der Waals surface area (Å²) in [6.45, 7) is 7.77. The Morgan fingerprint density at radius 3 is 2.77 bits per heavy atom. The lowest BCUT2D eigenvalue weighted by atomic mass is 9.76. The standard InChI is InChI=1S/C11H22N2/c1-4-9-12-13-10-7-5-6-8-11(10,2)3/h12H,4-9H2,1-3H3/b13-10-. The minimum absolute atomic E-state index is 0.332. The van der Waals surface area contributed by atoms with Gasteiger partial charge in [0.05, 0.1) is 0 Å². The second kappa shape index (κ2) is 4.64. The summed E-state index contributed by atoms with van der Waals surface area (Å²) in [6.07, 6.45) is 6.30. The number of hydrazone groups is 1.